The molecule has 1 aromatic rings. The Morgan fingerprint density at radius 3 is 2.63 bits per heavy atom. The molecule has 1 fully saturated rings. The Morgan fingerprint density at radius 1 is 1.47 bits per heavy atom. The van der Waals surface area contributed by atoms with Gasteiger partial charge >= 0.3 is 5.69 Å². The lowest BCUT2D eigenvalue weighted by Crippen LogP contribution is -2.34. The first kappa shape index (κ1) is 13.8. The first-order chi connectivity index (χ1) is 8.81. The minimum Gasteiger partial charge on any atom is -0.502 e. The Labute approximate surface area is 110 Å². The van der Waals surface area contributed by atoms with E-state index < -0.39 is 26.4 Å². The van der Waals surface area contributed by atoms with Crippen molar-refractivity contribution in [3.8, 4) is 5.75 Å². The molecule has 1 aliphatic rings. The molecule has 1 unspecified atom stereocenters. The Bertz CT molecular complexity index is 610. The maximum absolute atomic E-state index is 12.0. The van der Waals surface area contributed by atoms with Gasteiger partial charge in [0.15, 0.2) is 5.75 Å². The van der Waals surface area contributed by atoms with E-state index in [1.165, 1.54) is 0 Å². The van der Waals surface area contributed by atoms with Crippen molar-refractivity contribution in [1.82, 2.24) is 4.72 Å². The van der Waals surface area contributed by atoms with Gasteiger partial charge in [-0.1, -0.05) is 0 Å². The van der Waals surface area contributed by atoms with E-state index in [0.717, 1.165) is 31.0 Å². The van der Waals surface area contributed by atoms with Gasteiger partial charge < -0.3 is 5.11 Å². The number of nitro benzene ring substituents is 1. The molecule has 0 saturated heterocycles. The van der Waals surface area contributed by atoms with E-state index in [1.54, 1.807) is 6.92 Å². The quantitative estimate of drug-likeness (QED) is 0.627. The zero-order valence-corrected chi connectivity index (χ0v) is 11.1. The summed E-state index contributed by atoms with van der Waals surface area (Å²) < 4.78 is 26.6. The summed E-state index contributed by atoms with van der Waals surface area (Å²) in [5.74, 6) is -0.221. The molecular formula is C11H14N2O5S. The van der Waals surface area contributed by atoms with E-state index in [1.807, 2.05) is 0 Å². The summed E-state index contributed by atoms with van der Waals surface area (Å²) in [6.07, 6.45) is 1.97. The van der Waals surface area contributed by atoms with Gasteiger partial charge in [-0.05, 0) is 37.8 Å². The molecule has 0 heterocycles. The first-order valence-corrected chi connectivity index (χ1v) is 7.29. The van der Waals surface area contributed by atoms with Gasteiger partial charge in [0.25, 0.3) is 0 Å². The van der Waals surface area contributed by atoms with Gasteiger partial charge in [0.2, 0.25) is 10.0 Å². The highest BCUT2D eigenvalue weighted by molar-refractivity contribution is 7.89. The monoisotopic (exact) mass is 286 g/mol. The minimum absolute atomic E-state index is 0.196. The average Bonchev–Trinajstić information content (AvgIpc) is 3.11. The molecule has 0 radical (unpaired) electrons. The van der Waals surface area contributed by atoms with Crippen LogP contribution in [0.1, 0.15) is 19.8 Å². The zero-order chi connectivity index (χ0) is 14.2. The molecule has 0 bridgehead atoms. The summed E-state index contributed by atoms with van der Waals surface area (Å²) in [7, 11) is -3.80. The molecule has 104 valence electrons. The summed E-state index contributed by atoms with van der Waals surface area (Å²) in [5, 5.41) is 20.0. The molecule has 0 aromatic heterocycles. The van der Waals surface area contributed by atoms with Crippen LogP contribution in [0.15, 0.2) is 23.1 Å². The Morgan fingerprint density at radius 2 is 2.11 bits per heavy atom. The number of nitro groups is 1. The van der Waals surface area contributed by atoms with Gasteiger partial charge in [0.1, 0.15) is 0 Å². The van der Waals surface area contributed by atoms with Crippen LogP contribution in [0.2, 0.25) is 0 Å². The predicted octanol–water partition coefficient (Wildman–Crippen LogP) is 1.38. The van der Waals surface area contributed by atoms with E-state index in [0.29, 0.717) is 5.92 Å². The van der Waals surface area contributed by atoms with E-state index in [9.17, 15) is 23.6 Å². The number of phenolic OH excluding ortho intramolecular Hbond substituents is 1. The molecule has 8 heteroatoms. The number of benzene rings is 1. The normalized spacial score (nSPS) is 17.1. The van der Waals surface area contributed by atoms with Gasteiger partial charge in [-0.2, -0.15) is 0 Å². The van der Waals surface area contributed by atoms with E-state index in [2.05, 4.69) is 4.72 Å². The first-order valence-electron chi connectivity index (χ1n) is 5.81. The van der Waals surface area contributed by atoms with E-state index in [4.69, 9.17) is 0 Å². The summed E-state index contributed by atoms with van der Waals surface area (Å²) in [4.78, 5) is 9.63. The Kier molecular flexibility index (Phi) is 3.46. The molecule has 1 atom stereocenters. The molecule has 2 rings (SSSR count). The maximum Gasteiger partial charge on any atom is 0.312 e. The lowest BCUT2D eigenvalue weighted by molar-refractivity contribution is -0.386. The van der Waals surface area contributed by atoms with Crippen molar-refractivity contribution in [3.63, 3.8) is 0 Å². The predicted molar refractivity (Wildman–Crippen MR) is 67.3 cm³/mol. The minimum atomic E-state index is -3.80. The number of nitrogens with one attached hydrogen (secondary N) is 1. The van der Waals surface area contributed by atoms with Crippen molar-refractivity contribution in [1.29, 1.82) is 0 Å². The number of nitrogens with zero attached hydrogens (tertiary/aromatic N) is 1. The van der Waals surface area contributed by atoms with Gasteiger partial charge in [-0.3, -0.25) is 10.1 Å². The highest BCUT2D eigenvalue weighted by atomic mass is 32.2. The van der Waals surface area contributed by atoms with Crippen molar-refractivity contribution >= 4 is 15.7 Å². The molecule has 0 amide bonds. The Balaban J connectivity index is 2.29. The largest absolute Gasteiger partial charge is 0.502 e. The maximum atomic E-state index is 12.0. The van der Waals surface area contributed by atoms with Crippen LogP contribution in [-0.2, 0) is 10.0 Å². The third-order valence-corrected chi connectivity index (χ3v) is 4.68. The number of rotatable bonds is 5. The zero-order valence-electron chi connectivity index (χ0n) is 10.2. The molecular weight excluding hydrogens is 272 g/mol. The van der Waals surface area contributed by atoms with Crippen molar-refractivity contribution in [2.45, 2.75) is 30.7 Å². The van der Waals surface area contributed by atoms with Crippen molar-refractivity contribution in [2.75, 3.05) is 0 Å². The molecule has 2 N–H and O–H groups in total. The average molecular weight is 286 g/mol. The number of phenols is 1. The van der Waals surface area contributed by atoms with Gasteiger partial charge in [0, 0.05) is 12.1 Å². The number of hydrogen-bond acceptors (Lipinski definition) is 5. The van der Waals surface area contributed by atoms with Crippen LogP contribution in [0, 0.1) is 16.0 Å². The number of aromatic hydroxyl groups is 1. The van der Waals surface area contributed by atoms with E-state index in [-0.39, 0.29) is 10.9 Å². The summed E-state index contributed by atoms with van der Waals surface area (Å²) in [6, 6.07) is 2.81. The van der Waals surface area contributed by atoms with Crippen LogP contribution < -0.4 is 4.72 Å². The second kappa shape index (κ2) is 4.78. The van der Waals surface area contributed by atoms with Crippen molar-refractivity contribution < 1.29 is 18.4 Å². The topological polar surface area (TPSA) is 110 Å². The fraction of sp³-hybridized carbons (Fsp3) is 0.455. The summed E-state index contributed by atoms with van der Waals surface area (Å²) in [6.45, 7) is 1.77. The summed E-state index contributed by atoms with van der Waals surface area (Å²) >= 11 is 0. The Hall–Kier alpha value is -1.67. The summed E-state index contributed by atoms with van der Waals surface area (Å²) in [5.41, 5.74) is -0.623. The third-order valence-electron chi connectivity index (χ3n) is 3.12. The molecule has 7 nitrogen and oxygen atoms in total. The van der Waals surface area contributed by atoms with Crippen LogP contribution in [0.25, 0.3) is 0 Å². The number of hydrogen-bond donors (Lipinski definition) is 2. The van der Waals surface area contributed by atoms with Crippen LogP contribution in [0.4, 0.5) is 5.69 Å². The molecule has 1 aliphatic carbocycles. The van der Waals surface area contributed by atoms with Crippen LogP contribution in [0.5, 0.6) is 5.75 Å². The SMILES string of the molecule is CC(NS(=O)(=O)c1ccc(O)c([N+](=O)[O-])c1)C1CC1. The molecule has 19 heavy (non-hydrogen) atoms. The fourth-order valence-corrected chi connectivity index (χ4v) is 3.15. The lowest BCUT2D eigenvalue weighted by Gasteiger charge is -2.13. The van der Waals surface area contributed by atoms with E-state index >= 15 is 0 Å². The van der Waals surface area contributed by atoms with Gasteiger partial charge in [0.05, 0.1) is 9.82 Å². The number of sulfonamides is 1. The highest BCUT2D eigenvalue weighted by Gasteiger charge is 2.31. The molecule has 0 spiro atoms. The molecule has 1 saturated carbocycles. The van der Waals surface area contributed by atoms with Gasteiger partial charge in [-0.15, -0.1) is 0 Å². The standard InChI is InChI=1S/C11H14N2O5S/c1-7(8-2-3-8)12-19(17,18)9-4-5-11(14)10(6-9)13(15)16/h4-8,12,14H,2-3H2,1H3. The highest BCUT2D eigenvalue weighted by Crippen LogP contribution is 2.33. The third kappa shape index (κ3) is 3.02. The van der Waals surface area contributed by atoms with Gasteiger partial charge in [-0.25, -0.2) is 13.1 Å². The molecule has 1 aromatic carbocycles. The smallest absolute Gasteiger partial charge is 0.312 e. The second-order valence-corrected chi connectivity index (χ2v) is 6.37. The van der Waals surface area contributed by atoms with Crippen LogP contribution >= 0.6 is 0 Å². The fourth-order valence-electron chi connectivity index (χ4n) is 1.82. The second-order valence-electron chi connectivity index (χ2n) is 4.66. The van der Waals surface area contributed by atoms with Crippen LogP contribution in [0.3, 0.4) is 0 Å². The molecule has 0 aliphatic heterocycles. The van der Waals surface area contributed by atoms with Crippen LogP contribution in [-0.4, -0.2) is 24.5 Å². The lowest BCUT2D eigenvalue weighted by atomic mass is 10.2. The van der Waals surface area contributed by atoms with Crippen molar-refractivity contribution in [3.05, 3.63) is 28.3 Å². The van der Waals surface area contributed by atoms with Crippen molar-refractivity contribution in [2.24, 2.45) is 5.92 Å².